The predicted molar refractivity (Wildman–Crippen MR) is 81.9 cm³/mol. The number of nitrogens with zero attached hydrogens (tertiary/aromatic N) is 1. The Morgan fingerprint density at radius 1 is 1.35 bits per heavy atom. The van der Waals surface area contributed by atoms with Crippen LogP contribution in [-0.4, -0.2) is 43.7 Å². The van der Waals surface area contributed by atoms with Crippen molar-refractivity contribution >= 4 is 0 Å². The van der Waals surface area contributed by atoms with Gasteiger partial charge in [0, 0.05) is 32.2 Å². The first-order valence-corrected chi connectivity index (χ1v) is 7.90. The largest absolute Gasteiger partial charge is 0.372 e. The Morgan fingerprint density at radius 3 is 3.05 bits per heavy atom. The van der Waals surface area contributed by atoms with Gasteiger partial charge in [-0.25, -0.2) is 0 Å². The third-order valence-corrected chi connectivity index (χ3v) is 4.66. The maximum absolute atomic E-state index is 6.07. The lowest BCUT2D eigenvalue weighted by Gasteiger charge is -2.41. The van der Waals surface area contributed by atoms with Gasteiger partial charge in [0.1, 0.15) is 0 Å². The third kappa shape index (κ3) is 2.90. The van der Waals surface area contributed by atoms with E-state index < -0.39 is 0 Å². The Balaban J connectivity index is 1.74. The number of hydrogen-bond acceptors (Lipinski definition) is 3. The zero-order valence-electron chi connectivity index (χ0n) is 12.6. The molecule has 1 aromatic rings. The molecule has 1 N–H and O–H groups in total. The summed E-state index contributed by atoms with van der Waals surface area (Å²) in [6, 6.07) is 9.40. The van der Waals surface area contributed by atoms with E-state index in [0.717, 1.165) is 39.2 Å². The molecule has 20 heavy (non-hydrogen) atoms. The van der Waals surface area contributed by atoms with Crippen LogP contribution in [0.4, 0.5) is 0 Å². The minimum absolute atomic E-state index is 0.249. The van der Waals surface area contributed by atoms with E-state index in [9.17, 15) is 0 Å². The molecule has 2 atom stereocenters. The molecule has 2 aliphatic rings. The highest BCUT2D eigenvalue weighted by Crippen LogP contribution is 2.29. The van der Waals surface area contributed by atoms with Crippen LogP contribution in [0.5, 0.6) is 0 Å². The normalized spacial score (nSPS) is 27.6. The fourth-order valence-corrected chi connectivity index (χ4v) is 3.49. The van der Waals surface area contributed by atoms with Gasteiger partial charge >= 0.3 is 0 Å². The molecule has 1 aromatic carbocycles. The third-order valence-electron chi connectivity index (χ3n) is 4.66. The first-order valence-electron chi connectivity index (χ1n) is 7.90. The maximum Gasteiger partial charge on any atom is 0.0954 e. The molecule has 0 spiro atoms. The lowest BCUT2D eigenvalue weighted by Crippen LogP contribution is -2.54. The standard InChI is InChI=1S/C17H26N2O/c1-13(2)16-11-18-8-9-19(16)12-17-15-6-4-3-5-14(15)7-10-20-17/h3-6,13,16-18H,7-12H2,1-2H3. The predicted octanol–water partition coefficient (Wildman–Crippen LogP) is 2.23. The number of fused-ring (bicyclic) bond motifs is 1. The van der Waals surface area contributed by atoms with E-state index in [2.05, 4.69) is 48.3 Å². The molecule has 0 saturated carbocycles. The smallest absolute Gasteiger partial charge is 0.0954 e. The average molecular weight is 274 g/mol. The van der Waals surface area contributed by atoms with Crippen LogP contribution in [0.2, 0.25) is 0 Å². The monoisotopic (exact) mass is 274 g/mol. The van der Waals surface area contributed by atoms with Gasteiger partial charge in [-0.05, 0) is 23.5 Å². The summed E-state index contributed by atoms with van der Waals surface area (Å²) in [6.45, 7) is 9.86. The number of benzene rings is 1. The van der Waals surface area contributed by atoms with E-state index in [-0.39, 0.29) is 6.10 Å². The highest BCUT2D eigenvalue weighted by Gasteiger charge is 2.29. The molecule has 2 aliphatic heterocycles. The van der Waals surface area contributed by atoms with Crippen LogP contribution in [0.15, 0.2) is 24.3 Å². The van der Waals surface area contributed by atoms with Gasteiger partial charge in [-0.3, -0.25) is 4.90 Å². The van der Waals surface area contributed by atoms with Crippen molar-refractivity contribution in [3.05, 3.63) is 35.4 Å². The summed E-state index contributed by atoms with van der Waals surface area (Å²) in [4.78, 5) is 2.62. The second kappa shape index (κ2) is 6.25. The minimum Gasteiger partial charge on any atom is -0.372 e. The lowest BCUT2D eigenvalue weighted by atomic mass is 9.95. The quantitative estimate of drug-likeness (QED) is 0.915. The summed E-state index contributed by atoms with van der Waals surface area (Å²) >= 11 is 0. The Labute approximate surface area is 122 Å². The molecule has 0 aliphatic carbocycles. The van der Waals surface area contributed by atoms with E-state index in [1.165, 1.54) is 11.1 Å². The van der Waals surface area contributed by atoms with Gasteiger partial charge in [-0.15, -0.1) is 0 Å². The van der Waals surface area contributed by atoms with E-state index >= 15 is 0 Å². The molecule has 3 heteroatoms. The Bertz CT molecular complexity index is 446. The molecular formula is C17H26N2O. The van der Waals surface area contributed by atoms with E-state index in [4.69, 9.17) is 4.74 Å². The van der Waals surface area contributed by atoms with Crippen LogP contribution in [0.3, 0.4) is 0 Å². The zero-order chi connectivity index (χ0) is 13.9. The average Bonchev–Trinajstić information content (AvgIpc) is 2.48. The molecule has 0 amide bonds. The van der Waals surface area contributed by atoms with Crippen LogP contribution >= 0.6 is 0 Å². The Hall–Kier alpha value is -0.900. The van der Waals surface area contributed by atoms with Crippen LogP contribution in [0, 0.1) is 5.92 Å². The van der Waals surface area contributed by atoms with Crippen molar-refractivity contribution in [2.24, 2.45) is 5.92 Å². The van der Waals surface area contributed by atoms with Gasteiger partial charge in [0.25, 0.3) is 0 Å². The number of rotatable bonds is 3. The van der Waals surface area contributed by atoms with Crippen LogP contribution in [-0.2, 0) is 11.2 Å². The molecule has 3 nitrogen and oxygen atoms in total. The Kier molecular flexibility index (Phi) is 4.39. The number of piperazine rings is 1. The molecule has 2 unspecified atom stereocenters. The van der Waals surface area contributed by atoms with Gasteiger partial charge in [-0.2, -0.15) is 0 Å². The highest BCUT2D eigenvalue weighted by molar-refractivity contribution is 5.31. The SMILES string of the molecule is CC(C)C1CNCCN1CC1OCCc2ccccc21. The summed E-state index contributed by atoms with van der Waals surface area (Å²) in [5.41, 5.74) is 2.87. The molecular weight excluding hydrogens is 248 g/mol. The van der Waals surface area contributed by atoms with Crippen molar-refractivity contribution in [2.45, 2.75) is 32.4 Å². The lowest BCUT2D eigenvalue weighted by molar-refractivity contribution is -0.00502. The van der Waals surface area contributed by atoms with E-state index in [1.54, 1.807) is 0 Å². The maximum atomic E-state index is 6.07. The number of nitrogens with one attached hydrogen (secondary N) is 1. The van der Waals surface area contributed by atoms with Crippen LogP contribution in [0.25, 0.3) is 0 Å². The van der Waals surface area contributed by atoms with Gasteiger partial charge in [-0.1, -0.05) is 38.1 Å². The second-order valence-corrected chi connectivity index (χ2v) is 6.32. The molecule has 1 fully saturated rings. The number of ether oxygens (including phenoxy) is 1. The first kappa shape index (κ1) is 14.1. The highest BCUT2D eigenvalue weighted by atomic mass is 16.5. The molecule has 2 heterocycles. The fraction of sp³-hybridized carbons (Fsp3) is 0.647. The Morgan fingerprint density at radius 2 is 2.20 bits per heavy atom. The summed E-state index contributed by atoms with van der Waals surface area (Å²) in [5, 5.41) is 3.52. The first-order chi connectivity index (χ1) is 9.75. The number of hydrogen-bond donors (Lipinski definition) is 1. The van der Waals surface area contributed by atoms with Gasteiger partial charge in [0.05, 0.1) is 12.7 Å². The van der Waals surface area contributed by atoms with Crippen molar-refractivity contribution < 1.29 is 4.74 Å². The minimum atomic E-state index is 0.249. The molecule has 0 radical (unpaired) electrons. The molecule has 1 saturated heterocycles. The summed E-state index contributed by atoms with van der Waals surface area (Å²) in [6.07, 6.45) is 1.31. The molecule has 0 aromatic heterocycles. The summed E-state index contributed by atoms with van der Waals surface area (Å²) in [5.74, 6) is 0.682. The van der Waals surface area contributed by atoms with Gasteiger partial charge < -0.3 is 10.1 Å². The van der Waals surface area contributed by atoms with Crippen molar-refractivity contribution in [3.63, 3.8) is 0 Å². The van der Waals surface area contributed by atoms with Crippen molar-refractivity contribution in [1.82, 2.24) is 10.2 Å². The van der Waals surface area contributed by atoms with Gasteiger partial charge in [0.15, 0.2) is 0 Å². The molecule has 3 rings (SSSR count). The second-order valence-electron chi connectivity index (χ2n) is 6.32. The van der Waals surface area contributed by atoms with Crippen molar-refractivity contribution in [3.8, 4) is 0 Å². The van der Waals surface area contributed by atoms with Crippen LogP contribution < -0.4 is 5.32 Å². The van der Waals surface area contributed by atoms with Crippen LogP contribution in [0.1, 0.15) is 31.1 Å². The van der Waals surface area contributed by atoms with Gasteiger partial charge in [0.2, 0.25) is 0 Å². The summed E-state index contributed by atoms with van der Waals surface area (Å²) < 4.78 is 6.07. The van der Waals surface area contributed by atoms with Crippen molar-refractivity contribution in [1.29, 1.82) is 0 Å². The summed E-state index contributed by atoms with van der Waals surface area (Å²) in [7, 11) is 0. The van der Waals surface area contributed by atoms with E-state index in [1.807, 2.05) is 0 Å². The molecule has 110 valence electrons. The van der Waals surface area contributed by atoms with E-state index in [0.29, 0.717) is 12.0 Å². The zero-order valence-corrected chi connectivity index (χ0v) is 12.6. The fourth-order valence-electron chi connectivity index (χ4n) is 3.49. The molecule has 0 bridgehead atoms. The topological polar surface area (TPSA) is 24.5 Å². The van der Waals surface area contributed by atoms with Crippen molar-refractivity contribution in [2.75, 3.05) is 32.8 Å².